The summed E-state index contributed by atoms with van der Waals surface area (Å²) < 4.78 is 5.41. The maximum atomic E-state index is 12.5. The Balaban J connectivity index is 2.06. The molecular formula is C15H22N2O2. The van der Waals surface area contributed by atoms with Gasteiger partial charge in [-0.1, -0.05) is 30.3 Å². The van der Waals surface area contributed by atoms with Crippen LogP contribution in [-0.2, 0) is 9.53 Å². The summed E-state index contributed by atoms with van der Waals surface area (Å²) in [4.78, 5) is 14.4. The summed E-state index contributed by atoms with van der Waals surface area (Å²) in [6, 6.07) is 10.3. The third-order valence-corrected chi connectivity index (χ3v) is 3.98. The SMILES string of the molecule is CNC1COCC1C(=O)N(C)C(C)c1ccccc1. The van der Waals surface area contributed by atoms with E-state index in [0.717, 1.165) is 5.56 Å². The van der Waals surface area contributed by atoms with E-state index >= 15 is 0 Å². The Labute approximate surface area is 114 Å². The maximum Gasteiger partial charge on any atom is 0.229 e. The van der Waals surface area contributed by atoms with Crippen LogP contribution in [0.1, 0.15) is 18.5 Å². The summed E-state index contributed by atoms with van der Waals surface area (Å²) in [6.45, 7) is 3.17. The third kappa shape index (κ3) is 2.96. The van der Waals surface area contributed by atoms with E-state index < -0.39 is 0 Å². The van der Waals surface area contributed by atoms with Crippen LogP contribution in [0.2, 0.25) is 0 Å². The van der Waals surface area contributed by atoms with Gasteiger partial charge in [0.15, 0.2) is 0 Å². The van der Waals surface area contributed by atoms with Crippen molar-refractivity contribution in [1.29, 1.82) is 0 Å². The van der Waals surface area contributed by atoms with Gasteiger partial charge in [0.25, 0.3) is 0 Å². The first-order valence-electron chi connectivity index (χ1n) is 6.71. The number of ether oxygens (including phenoxy) is 1. The Morgan fingerprint density at radius 3 is 2.68 bits per heavy atom. The molecule has 0 bridgehead atoms. The molecule has 1 amide bonds. The third-order valence-electron chi connectivity index (χ3n) is 3.98. The van der Waals surface area contributed by atoms with Crippen LogP contribution in [0.4, 0.5) is 0 Å². The lowest BCUT2D eigenvalue weighted by molar-refractivity contribution is -0.136. The number of hydrogen-bond acceptors (Lipinski definition) is 3. The summed E-state index contributed by atoms with van der Waals surface area (Å²) in [5.41, 5.74) is 1.15. The number of nitrogens with one attached hydrogen (secondary N) is 1. The largest absolute Gasteiger partial charge is 0.379 e. The van der Waals surface area contributed by atoms with Crippen molar-refractivity contribution in [3.63, 3.8) is 0 Å². The Kier molecular flexibility index (Phi) is 4.56. The van der Waals surface area contributed by atoms with Crippen molar-refractivity contribution in [2.75, 3.05) is 27.3 Å². The molecule has 1 saturated heterocycles. The molecule has 104 valence electrons. The standard InChI is InChI=1S/C15H22N2O2/c1-11(12-7-5-4-6-8-12)17(3)15(18)13-9-19-10-14(13)16-2/h4-8,11,13-14,16H,9-10H2,1-3H3. The molecule has 1 aromatic rings. The molecule has 1 N–H and O–H groups in total. The van der Waals surface area contributed by atoms with Gasteiger partial charge in [-0.3, -0.25) is 4.79 Å². The number of carbonyl (C=O) groups is 1. The second-order valence-electron chi connectivity index (χ2n) is 5.07. The summed E-state index contributed by atoms with van der Waals surface area (Å²) in [7, 11) is 3.74. The van der Waals surface area contributed by atoms with Gasteiger partial charge < -0.3 is 15.0 Å². The highest BCUT2D eigenvalue weighted by Crippen LogP contribution is 2.23. The Bertz CT molecular complexity index is 421. The molecule has 4 heteroatoms. The number of likely N-dealkylation sites (N-methyl/N-ethyl adjacent to an activating group) is 1. The number of rotatable bonds is 4. The zero-order valence-electron chi connectivity index (χ0n) is 11.8. The predicted molar refractivity (Wildman–Crippen MR) is 74.8 cm³/mol. The normalized spacial score (nSPS) is 24.2. The number of benzene rings is 1. The summed E-state index contributed by atoms with van der Waals surface area (Å²) in [5, 5.41) is 3.16. The van der Waals surface area contributed by atoms with Crippen molar-refractivity contribution in [1.82, 2.24) is 10.2 Å². The molecule has 0 radical (unpaired) electrons. The topological polar surface area (TPSA) is 41.6 Å². The zero-order valence-corrected chi connectivity index (χ0v) is 11.8. The highest BCUT2D eigenvalue weighted by Gasteiger charge is 2.35. The molecule has 0 spiro atoms. The Hall–Kier alpha value is -1.39. The Morgan fingerprint density at radius 2 is 2.05 bits per heavy atom. The molecule has 0 saturated carbocycles. The van der Waals surface area contributed by atoms with Gasteiger partial charge in [-0.15, -0.1) is 0 Å². The van der Waals surface area contributed by atoms with Crippen molar-refractivity contribution < 1.29 is 9.53 Å². The van der Waals surface area contributed by atoms with Crippen molar-refractivity contribution >= 4 is 5.91 Å². The minimum absolute atomic E-state index is 0.0757. The van der Waals surface area contributed by atoms with Crippen LogP contribution < -0.4 is 5.32 Å². The molecule has 3 atom stereocenters. The van der Waals surface area contributed by atoms with E-state index in [9.17, 15) is 4.79 Å². The second kappa shape index (κ2) is 6.17. The van der Waals surface area contributed by atoms with E-state index in [2.05, 4.69) is 24.4 Å². The molecule has 4 nitrogen and oxygen atoms in total. The summed E-state index contributed by atoms with van der Waals surface area (Å²) >= 11 is 0. The van der Waals surface area contributed by atoms with Crippen molar-refractivity contribution in [3.05, 3.63) is 35.9 Å². The minimum atomic E-state index is -0.0823. The molecule has 0 aliphatic carbocycles. The smallest absolute Gasteiger partial charge is 0.229 e. The number of carbonyl (C=O) groups excluding carboxylic acids is 1. The van der Waals surface area contributed by atoms with Crippen molar-refractivity contribution in [2.45, 2.75) is 19.0 Å². The highest BCUT2D eigenvalue weighted by molar-refractivity contribution is 5.80. The van der Waals surface area contributed by atoms with E-state index in [1.54, 1.807) is 0 Å². The van der Waals surface area contributed by atoms with Crippen LogP contribution in [0.25, 0.3) is 0 Å². The summed E-state index contributed by atoms with van der Waals surface area (Å²) in [6.07, 6.45) is 0. The number of amides is 1. The lowest BCUT2D eigenvalue weighted by atomic mass is 10.00. The van der Waals surface area contributed by atoms with Crippen LogP contribution in [-0.4, -0.2) is 44.2 Å². The number of nitrogens with zero attached hydrogens (tertiary/aromatic N) is 1. The average molecular weight is 262 g/mol. The van der Waals surface area contributed by atoms with Crippen LogP contribution >= 0.6 is 0 Å². The van der Waals surface area contributed by atoms with E-state index in [1.165, 1.54) is 0 Å². The van der Waals surface area contributed by atoms with E-state index in [0.29, 0.717) is 13.2 Å². The minimum Gasteiger partial charge on any atom is -0.379 e. The molecule has 1 aromatic carbocycles. The van der Waals surface area contributed by atoms with Gasteiger partial charge in [-0.2, -0.15) is 0 Å². The zero-order chi connectivity index (χ0) is 13.8. The molecule has 3 unspecified atom stereocenters. The van der Waals surface area contributed by atoms with Gasteiger partial charge in [0.1, 0.15) is 0 Å². The van der Waals surface area contributed by atoms with Crippen molar-refractivity contribution in [3.8, 4) is 0 Å². The first-order chi connectivity index (χ1) is 9.15. The van der Waals surface area contributed by atoms with Gasteiger partial charge in [-0.05, 0) is 19.5 Å². The summed E-state index contributed by atoms with van der Waals surface area (Å²) in [5.74, 6) is 0.0642. The fraction of sp³-hybridized carbons (Fsp3) is 0.533. The molecule has 1 heterocycles. The second-order valence-corrected chi connectivity index (χ2v) is 5.07. The van der Waals surface area contributed by atoms with Gasteiger partial charge in [0.05, 0.1) is 25.2 Å². The molecule has 1 aliphatic heterocycles. The maximum absolute atomic E-state index is 12.5. The predicted octanol–water partition coefficient (Wildman–Crippen LogP) is 1.44. The van der Waals surface area contributed by atoms with Crippen molar-refractivity contribution in [2.24, 2.45) is 5.92 Å². The lowest BCUT2D eigenvalue weighted by Gasteiger charge is -2.29. The van der Waals surface area contributed by atoms with Gasteiger partial charge >= 0.3 is 0 Å². The van der Waals surface area contributed by atoms with Crippen LogP contribution in [0.5, 0.6) is 0 Å². The van der Waals surface area contributed by atoms with Crippen LogP contribution in [0, 0.1) is 5.92 Å². The van der Waals surface area contributed by atoms with E-state index in [1.807, 2.05) is 37.2 Å². The quantitative estimate of drug-likeness (QED) is 0.893. The molecule has 0 aromatic heterocycles. The first kappa shape index (κ1) is 14.0. The van der Waals surface area contributed by atoms with Gasteiger partial charge in [-0.25, -0.2) is 0 Å². The van der Waals surface area contributed by atoms with Crippen LogP contribution in [0.3, 0.4) is 0 Å². The van der Waals surface area contributed by atoms with Gasteiger partial charge in [0.2, 0.25) is 5.91 Å². The number of hydrogen-bond donors (Lipinski definition) is 1. The van der Waals surface area contributed by atoms with Crippen LogP contribution in [0.15, 0.2) is 30.3 Å². The van der Waals surface area contributed by atoms with E-state index in [-0.39, 0.29) is 23.9 Å². The monoisotopic (exact) mass is 262 g/mol. The highest BCUT2D eigenvalue weighted by atomic mass is 16.5. The van der Waals surface area contributed by atoms with E-state index in [4.69, 9.17) is 4.74 Å². The average Bonchev–Trinajstić information content (AvgIpc) is 2.94. The molecule has 1 fully saturated rings. The first-order valence-corrected chi connectivity index (χ1v) is 6.71. The molecule has 2 rings (SSSR count). The fourth-order valence-electron chi connectivity index (χ4n) is 2.49. The molecular weight excluding hydrogens is 240 g/mol. The molecule has 19 heavy (non-hydrogen) atoms. The fourth-order valence-corrected chi connectivity index (χ4v) is 2.49. The Morgan fingerprint density at radius 1 is 1.37 bits per heavy atom. The lowest BCUT2D eigenvalue weighted by Crippen LogP contribution is -2.44. The molecule has 1 aliphatic rings. The van der Waals surface area contributed by atoms with Gasteiger partial charge in [0, 0.05) is 13.1 Å².